The van der Waals surface area contributed by atoms with Gasteiger partial charge in [0.05, 0.1) is 0 Å². The lowest BCUT2D eigenvalue weighted by Gasteiger charge is -2.11. The average molecular weight is 185 g/mol. The molecular weight excluding hydrogens is 174 g/mol. The molecule has 0 rings (SSSR count). The Hall–Kier alpha value is 0.520. The quantitative estimate of drug-likeness (QED) is 0.380. The van der Waals surface area contributed by atoms with Crippen LogP contribution in [0, 0.1) is 5.92 Å². The second-order valence-corrected chi connectivity index (χ2v) is 6.07. The van der Waals surface area contributed by atoms with E-state index in [1.807, 2.05) is 13.8 Å². The highest BCUT2D eigenvalue weighted by Crippen LogP contribution is 2.29. The third kappa shape index (κ3) is 4.99. The van der Waals surface area contributed by atoms with Gasteiger partial charge in [0.15, 0.2) is 0 Å². The summed E-state index contributed by atoms with van der Waals surface area (Å²) >= 11 is 7.86. The largest absolute Gasteiger partial charge is 0.304 e. The van der Waals surface area contributed by atoms with Crippen LogP contribution < -0.4 is 4.72 Å². The highest BCUT2D eigenvalue weighted by molar-refractivity contribution is 9.08. The van der Waals surface area contributed by atoms with Crippen molar-refractivity contribution in [1.29, 1.82) is 0 Å². The van der Waals surface area contributed by atoms with Gasteiger partial charge in [-0.3, -0.25) is 4.79 Å². The number of carbonyl (C=O) groups is 1. The van der Waals surface area contributed by atoms with Crippen molar-refractivity contribution in [3.05, 3.63) is 0 Å². The topological polar surface area (TPSA) is 29.1 Å². The summed E-state index contributed by atoms with van der Waals surface area (Å²) in [6.07, 6.45) is 0. The van der Waals surface area contributed by atoms with Crippen LogP contribution in [0.5, 0.6) is 0 Å². The van der Waals surface area contributed by atoms with Crippen molar-refractivity contribution in [3.8, 4) is 0 Å². The van der Waals surface area contributed by atoms with Crippen LogP contribution in [0.2, 0.25) is 0 Å². The van der Waals surface area contributed by atoms with E-state index in [0.717, 1.165) is 0 Å². The van der Waals surface area contributed by atoms with Gasteiger partial charge in [0.1, 0.15) is 0 Å². The van der Waals surface area contributed by atoms with Crippen LogP contribution in [0.25, 0.3) is 0 Å². The summed E-state index contributed by atoms with van der Waals surface area (Å²) in [7, 11) is -0.883. The zero-order chi connectivity index (χ0) is 7.44. The summed E-state index contributed by atoms with van der Waals surface area (Å²) < 4.78 is 2.60. The molecule has 0 bridgehead atoms. The fraction of sp³-hybridized carbons (Fsp3) is 0.750. The van der Waals surface area contributed by atoms with E-state index in [9.17, 15) is 4.79 Å². The Morgan fingerprint density at radius 1 is 1.56 bits per heavy atom. The molecule has 0 spiro atoms. The van der Waals surface area contributed by atoms with Crippen LogP contribution >= 0.6 is 32.5 Å². The molecule has 0 aliphatic carbocycles. The molecule has 0 saturated heterocycles. The van der Waals surface area contributed by atoms with E-state index in [-0.39, 0.29) is 11.8 Å². The molecule has 2 nitrogen and oxygen atoms in total. The first-order valence-corrected chi connectivity index (χ1v) is 6.17. The SMILES string of the molecule is CC(C)C(=O)N[SH](S)S. The molecule has 0 aromatic heterocycles. The van der Waals surface area contributed by atoms with Gasteiger partial charge < -0.3 is 4.72 Å². The van der Waals surface area contributed by atoms with E-state index >= 15 is 0 Å². The number of rotatable bonds is 2. The molecule has 0 aliphatic rings. The van der Waals surface area contributed by atoms with Gasteiger partial charge in [-0.2, -0.15) is 0 Å². The molecule has 0 unspecified atom stereocenters. The minimum atomic E-state index is -0.883. The normalized spacial score (nSPS) is 11.4. The smallest absolute Gasteiger partial charge is 0.232 e. The maximum absolute atomic E-state index is 10.8. The summed E-state index contributed by atoms with van der Waals surface area (Å²) in [4.78, 5) is 10.8. The molecule has 0 radical (unpaired) electrons. The Kier molecular flexibility index (Phi) is 4.61. The van der Waals surface area contributed by atoms with Gasteiger partial charge in [-0.25, -0.2) is 0 Å². The molecule has 1 N–H and O–H groups in total. The fourth-order valence-corrected chi connectivity index (χ4v) is 1.27. The van der Waals surface area contributed by atoms with Crippen molar-refractivity contribution in [2.45, 2.75) is 13.8 Å². The summed E-state index contributed by atoms with van der Waals surface area (Å²) in [6.45, 7) is 3.66. The van der Waals surface area contributed by atoms with Crippen molar-refractivity contribution in [1.82, 2.24) is 4.72 Å². The second kappa shape index (κ2) is 4.35. The maximum Gasteiger partial charge on any atom is 0.232 e. The zero-order valence-electron chi connectivity index (χ0n) is 5.33. The highest BCUT2D eigenvalue weighted by atomic mass is 33.5. The molecule has 5 heteroatoms. The Bertz CT molecular complexity index is 104. The van der Waals surface area contributed by atoms with Crippen LogP contribution in [0.4, 0.5) is 0 Å². The Balaban J connectivity index is 3.51. The monoisotopic (exact) mass is 185 g/mol. The second-order valence-electron chi connectivity index (χ2n) is 1.92. The molecule has 0 aliphatic heterocycles. The number of amides is 1. The molecular formula is C4H11NOS3. The van der Waals surface area contributed by atoms with Gasteiger partial charge in [-0.15, -0.1) is 23.3 Å². The predicted octanol–water partition coefficient (Wildman–Crippen LogP) is 1.36. The number of carbonyl (C=O) groups excluding carboxylic acids is 1. The summed E-state index contributed by atoms with van der Waals surface area (Å²) in [5.74, 6) is 0.0282. The van der Waals surface area contributed by atoms with Gasteiger partial charge in [0.25, 0.3) is 0 Å². The van der Waals surface area contributed by atoms with Crippen molar-refractivity contribution in [2.75, 3.05) is 0 Å². The summed E-state index contributed by atoms with van der Waals surface area (Å²) in [6, 6.07) is 0. The summed E-state index contributed by atoms with van der Waals surface area (Å²) in [5.41, 5.74) is 0. The zero-order valence-corrected chi connectivity index (χ0v) is 8.01. The number of thiol groups is 3. The number of nitrogens with one attached hydrogen (secondary N) is 1. The van der Waals surface area contributed by atoms with Gasteiger partial charge in [-0.05, 0) is 0 Å². The first kappa shape index (κ1) is 9.52. The molecule has 0 aromatic rings. The van der Waals surface area contributed by atoms with Crippen molar-refractivity contribution >= 4 is 38.4 Å². The van der Waals surface area contributed by atoms with Crippen LogP contribution in [-0.4, -0.2) is 5.91 Å². The third-order valence-corrected chi connectivity index (χ3v) is 1.75. The van der Waals surface area contributed by atoms with Gasteiger partial charge >= 0.3 is 0 Å². The van der Waals surface area contributed by atoms with E-state index in [4.69, 9.17) is 0 Å². The maximum atomic E-state index is 10.8. The van der Waals surface area contributed by atoms with Crippen LogP contribution in [0.15, 0.2) is 0 Å². The fourth-order valence-electron chi connectivity index (χ4n) is 0.228. The lowest BCUT2D eigenvalue weighted by atomic mass is 10.2. The first-order valence-electron chi connectivity index (χ1n) is 2.52. The lowest BCUT2D eigenvalue weighted by Crippen LogP contribution is -2.21. The van der Waals surface area contributed by atoms with Gasteiger partial charge in [0.2, 0.25) is 5.91 Å². The van der Waals surface area contributed by atoms with Gasteiger partial charge in [-0.1, -0.05) is 23.0 Å². The summed E-state index contributed by atoms with van der Waals surface area (Å²) in [5, 5.41) is 0. The number of hydrogen-bond donors (Lipinski definition) is 4. The minimum absolute atomic E-state index is 0.00566. The van der Waals surface area contributed by atoms with E-state index in [0.29, 0.717) is 0 Å². The van der Waals surface area contributed by atoms with Crippen LogP contribution in [0.3, 0.4) is 0 Å². The molecule has 0 aromatic carbocycles. The Morgan fingerprint density at radius 2 is 2.00 bits per heavy atom. The van der Waals surface area contributed by atoms with Crippen molar-refractivity contribution in [3.63, 3.8) is 0 Å². The third-order valence-electron chi connectivity index (χ3n) is 0.735. The van der Waals surface area contributed by atoms with Gasteiger partial charge in [0, 0.05) is 5.92 Å². The van der Waals surface area contributed by atoms with E-state index in [2.05, 4.69) is 28.0 Å². The molecule has 56 valence electrons. The molecule has 0 heterocycles. The van der Waals surface area contributed by atoms with E-state index in [1.54, 1.807) is 0 Å². The van der Waals surface area contributed by atoms with Crippen LogP contribution in [-0.2, 0) is 4.79 Å². The van der Waals surface area contributed by atoms with Crippen LogP contribution in [0.1, 0.15) is 13.8 Å². The molecule has 1 amide bonds. The molecule has 9 heavy (non-hydrogen) atoms. The highest BCUT2D eigenvalue weighted by Gasteiger charge is 2.05. The standard InChI is InChI=1S/C4H11NOS3/c1-3(2)4(6)5-9(7)8/h3,7-9H,1-2H3,(H,5,6). The van der Waals surface area contributed by atoms with Crippen molar-refractivity contribution in [2.24, 2.45) is 5.92 Å². The Labute approximate surface area is 67.9 Å². The minimum Gasteiger partial charge on any atom is -0.304 e. The molecule has 0 atom stereocenters. The average Bonchev–Trinajstić information content (AvgIpc) is 1.63. The number of hydrogen-bond acceptors (Lipinski definition) is 3. The van der Waals surface area contributed by atoms with E-state index in [1.165, 1.54) is 0 Å². The first-order chi connectivity index (χ1) is 4.04. The lowest BCUT2D eigenvalue weighted by molar-refractivity contribution is -0.122. The van der Waals surface area contributed by atoms with E-state index < -0.39 is 9.15 Å². The molecule has 0 saturated carbocycles. The molecule has 0 fully saturated rings. The Morgan fingerprint density at radius 3 is 2.11 bits per heavy atom. The van der Waals surface area contributed by atoms with Crippen molar-refractivity contribution < 1.29 is 4.79 Å². The predicted molar refractivity (Wildman–Crippen MR) is 49.9 cm³/mol.